The summed E-state index contributed by atoms with van der Waals surface area (Å²) in [5, 5.41) is 5.91. The first-order valence-corrected chi connectivity index (χ1v) is 7.60. The predicted octanol–water partition coefficient (Wildman–Crippen LogP) is 4.45. The number of ketones is 1. The largest absolute Gasteiger partial charge is 0.291 e. The average molecular weight is 294 g/mol. The maximum Gasteiger partial charge on any atom is 0.196 e. The van der Waals surface area contributed by atoms with Gasteiger partial charge in [0.15, 0.2) is 5.78 Å². The minimum Gasteiger partial charge on any atom is -0.291 e. The molecule has 3 rings (SSSR count). The fourth-order valence-electron chi connectivity index (χ4n) is 1.74. The molecule has 0 radical (unpaired) electrons. The quantitative estimate of drug-likeness (QED) is 0.527. The van der Waals surface area contributed by atoms with Crippen molar-refractivity contribution in [3.05, 3.63) is 40.7 Å². The van der Waals surface area contributed by atoms with Crippen LogP contribution in [0.15, 0.2) is 35.0 Å². The van der Waals surface area contributed by atoms with Crippen LogP contribution in [0.2, 0.25) is 0 Å². The molecule has 90 valence electrons. The number of thiazole rings is 1. The van der Waals surface area contributed by atoms with Gasteiger partial charge in [-0.05, 0) is 6.07 Å². The van der Waals surface area contributed by atoms with Gasteiger partial charge in [-0.2, -0.15) is 0 Å². The highest BCUT2D eigenvalue weighted by Gasteiger charge is 2.13. The van der Waals surface area contributed by atoms with Crippen molar-refractivity contribution in [1.29, 1.82) is 0 Å². The van der Waals surface area contributed by atoms with E-state index in [2.05, 4.69) is 22.5 Å². The van der Waals surface area contributed by atoms with Crippen LogP contribution < -0.4 is 0 Å². The van der Waals surface area contributed by atoms with Gasteiger partial charge in [0.25, 0.3) is 0 Å². The van der Waals surface area contributed by atoms with Crippen molar-refractivity contribution in [2.75, 3.05) is 5.88 Å². The molecule has 3 aromatic rings. The van der Waals surface area contributed by atoms with Crippen molar-refractivity contribution in [2.24, 2.45) is 0 Å². The first-order valence-electron chi connectivity index (χ1n) is 5.31. The number of thiophene rings is 1. The number of rotatable bonds is 3. The van der Waals surface area contributed by atoms with Crippen LogP contribution in [0.4, 0.5) is 0 Å². The number of hydrogen-bond acceptors (Lipinski definition) is 4. The standard InChI is InChI=1S/C13H8ClNOS2/c14-5-11(16)10-7-18-13(15-10)9-6-17-12-4-2-1-3-8(9)12/h1-4,6-7H,5H2. The molecule has 2 aromatic heterocycles. The van der Waals surface area contributed by atoms with Crippen LogP contribution in [0.25, 0.3) is 20.7 Å². The Morgan fingerprint density at radius 1 is 1.22 bits per heavy atom. The maximum absolute atomic E-state index is 11.5. The third-order valence-corrected chi connectivity index (χ3v) is 4.70. The van der Waals surface area contributed by atoms with Crippen LogP contribution in [-0.4, -0.2) is 16.6 Å². The molecule has 0 atom stereocenters. The second-order valence-electron chi connectivity index (χ2n) is 3.74. The summed E-state index contributed by atoms with van der Waals surface area (Å²) >= 11 is 8.70. The normalized spacial score (nSPS) is 10.9. The lowest BCUT2D eigenvalue weighted by Gasteiger charge is -1.93. The predicted molar refractivity (Wildman–Crippen MR) is 78.0 cm³/mol. The molecule has 0 aliphatic heterocycles. The number of carbonyl (C=O) groups is 1. The highest BCUT2D eigenvalue weighted by atomic mass is 35.5. The first-order chi connectivity index (χ1) is 8.79. The van der Waals surface area contributed by atoms with Gasteiger partial charge in [0, 0.05) is 26.4 Å². The molecule has 2 nitrogen and oxygen atoms in total. The second kappa shape index (κ2) is 4.80. The van der Waals surface area contributed by atoms with E-state index < -0.39 is 0 Å². The number of benzene rings is 1. The number of Topliss-reactive ketones (excluding diaryl/α,β-unsaturated/α-hetero) is 1. The molecule has 0 aliphatic rings. The Morgan fingerprint density at radius 3 is 2.89 bits per heavy atom. The zero-order valence-corrected chi connectivity index (χ0v) is 11.6. The number of nitrogens with zero attached hydrogens (tertiary/aromatic N) is 1. The molecular formula is C13H8ClNOS2. The van der Waals surface area contributed by atoms with Crippen LogP contribution in [0, 0.1) is 0 Å². The minimum absolute atomic E-state index is 0.0203. The fourth-order valence-corrected chi connectivity index (χ4v) is 3.75. The topological polar surface area (TPSA) is 30.0 Å². The van der Waals surface area contributed by atoms with Gasteiger partial charge in [-0.15, -0.1) is 34.3 Å². The third-order valence-electron chi connectivity index (χ3n) is 2.62. The number of fused-ring (bicyclic) bond motifs is 1. The van der Waals surface area contributed by atoms with E-state index in [1.165, 1.54) is 21.4 Å². The molecule has 0 aliphatic carbocycles. The average Bonchev–Trinajstić information content (AvgIpc) is 3.03. The number of carbonyl (C=O) groups excluding carboxylic acids is 1. The summed E-state index contributed by atoms with van der Waals surface area (Å²) in [5.74, 6) is -0.146. The van der Waals surface area contributed by atoms with Crippen LogP contribution in [0.5, 0.6) is 0 Å². The maximum atomic E-state index is 11.5. The lowest BCUT2D eigenvalue weighted by atomic mass is 10.2. The SMILES string of the molecule is O=C(CCl)c1csc(-c2csc3ccccc23)n1. The van der Waals surface area contributed by atoms with Crippen molar-refractivity contribution in [3.8, 4) is 10.6 Å². The summed E-state index contributed by atoms with van der Waals surface area (Å²) in [4.78, 5) is 15.8. The van der Waals surface area contributed by atoms with E-state index in [9.17, 15) is 4.79 Å². The first kappa shape index (κ1) is 11.8. The number of halogens is 1. The van der Waals surface area contributed by atoms with Gasteiger partial charge in [0.1, 0.15) is 10.7 Å². The van der Waals surface area contributed by atoms with Crippen molar-refractivity contribution in [1.82, 2.24) is 4.98 Å². The highest BCUT2D eigenvalue weighted by molar-refractivity contribution is 7.19. The summed E-state index contributed by atoms with van der Waals surface area (Å²) in [6, 6.07) is 8.19. The second-order valence-corrected chi connectivity index (χ2v) is 5.78. The Bertz CT molecular complexity index is 716. The molecule has 18 heavy (non-hydrogen) atoms. The Labute approximate surface area is 117 Å². The van der Waals surface area contributed by atoms with E-state index in [0.717, 1.165) is 10.6 Å². The van der Waals surface area contributed by atoms with Crippen LogP contribution in [0.1, 0.15) is 10.5 Å². The molecule has 0 fully saturated rings. The van der Waals surface area contributed by atoms with E-state index >= 15 is 0 Å². The van der Waals surface area contributed by atoms with Gasteiger partial charge >= 0.3 is 0 Å². The molecule has 5 heteroatoms. The van der Waals surface area contributed by atoms with Crippen molar-refractivity contribution >= 4 is 50.1 Å². The molecule has 0 spiro atoms. The summed E-state index contributed by atoms with van der Waals surface area (Å²) in [6.45, 7) is 0. The summed E-state index contributed by atoms with van der Waals surface area (Å²) in [7, 11) is 0. The minimum atomic E-state index is -0.126. The van der Waals surface area contributed by atoms with E-state index in [1.807, 2.05) is 12.1 Å². The number of alkyl halides is 1. The monoisotopic (exact) mass is 293 g/mol. The lowest BCUT2D eigenvalue weighted by molar-refractivity contribution is 0.101. The third kappa shape index (κ3) is 1.96. The van der Waals surface area contributed by atoms with E-state index in [0.29, 0.717) is 5.69 Å². The molecule has 0 saturated carbocycles. The van der Waals surface area contributed by atoms with Crippen LogP contribution >= 0.6 is 34.3 Å². The van der Waals surface area contributed by atoms with E-state index in [1.54, 1.807) is 16.7 Å². The molecule has 0 unspecified atom stereocenters. The molecule has 0 amide bonds. The van der Waals surface area contributed by atoms with Crippen molar-refractivity contribution in [2.45, 2.75) is 0 Å². The van der Waals surface area contributed by atoms with Crippen molar-refractivity contribution in [3.63, 3.8) is 0 Å². The Kier molecular flexibility index (Phi) is 3.16. The van der Waals surface area contributed by atoms with Gasteiger partial charge in [0.05, 0.1) is 5.88 Å². The summed E-state index contributed by atoms with van der Waals surface area (Å²) < 4.78 is 1.23. The zero-order valence-electron chi connectivity index (χ0n) is 9.22. The van der Waals surface area contributed by atoms with Gasteiger partial charge < -0.3 is 0 Å². The highest BCUT2D eigenvalue weighted by Crippen LogP contribution is 2.35. The molecule has 0 N–H and O–H groups in total. The Hall–Kier alpha value is -1.23. The molecule has 0 bridgehead atoms. The van der Waals surface area contributed by atoms with Gasteiger partial charge in [0.2, 0.25) is 0 Å². The Morgan fingerprint density at radius 2 is 2.06 bits per heavy atom. The zero-order chi connectivity index (χ0) is 12.5. The smallest absolute Gasteiger partial charge is 0.196 e. The van der Waals surface area contributed by atoms with Crippen LogP contribution in [0.3, 0.4) is 0 Å². The number of hydrogen-bond donors (Lipinski definition) is 0. The van der Waals surface area contributed by atoms with Gasteiger partial charge in [-0.3, -0.25) is 4.79 Å². The Balaban J connectivity index is 2.09. The van der Waals surface area contributed by atoms with Gasteiger partial charge in [-0.25, -0.2) is 4.98 Å². The molecule has 2 heterocycles. The summed E-state index contributed by atoms with van der Waals surface area (Å²) in [6.07, 6.45) is 0. The summed E-state index contributed by atoms with van der Waals surface area (Å²) in [5.41, 5.74) is 1.55. The van der Waals surface area contributed by atoms with Gasteiger partial charge in [-0.1, -0.05) is 18.2 Å². The lowest BCUT2D eigenvalue weighted by Crippen LogP contribution is -1.99. The van der Waals surface area contributed by atoms with Crippen LogP contribution in [-0.2, 0) is 0 Å². The molecule has 1 aromatic carbocycles. The molecular weight excluding hydrogens is 286 g/mol. The van der Waals surface area contributed by atoms with E-state index in [4.69, 9.17) is 11.6 Å². The van der Waals surface area contributed by atoms with E-state index in [-0.39, 0.29) is 11.7 Å². The number of aromatic nitrogens is 1. The molecule has 0 saturated heterocycles. The van der Waals surface area contributed by atoms with Crippen molar-refractivity contribution < 1.29 is 4.79 Å². The fraction of sp³-hybridized carbons (Fsp3) is 0.0769.